The Morgan fingerprint density at radius 1 is 1.05 bits per heavy atom. The highest BCUT2D eigenvalue weighted by molar-refractivity contribution is 7.90. The second-order valence-electron chi connectivity index (χ2n) is 8.46. The SMILES string of the molecule is CCN(Cc1ccccc1)C(=O)[C@H](C)Nc1cc(-n2c(C(F)F)nc3ccccc32)nc(S(C)(=O)=O)n1. The van der Waals surface area contributed by atoms with Crippen molar-refractivity contribution in [2.24, 2.45) is 0 Å². The molecule has 0 saturated carbocycles. The number of para-hydroxylation sites is 2. The van der Waals surface area contributed by atoms with Crippen molar-refractivity contribution in [2.45, 2.75) is 38.0 Å². The van der Waals surface area contributed by atoms with Gasteiger partial charge in [-0.25, -0.2) is 32.2 Å². The number of nitrogens with one attached hydrogen (secondary N) is 1. The zero-order valence-electron chi connectivity index (χ0n) is 20.5. The van der Waals surface area contributed by atoms with Crippen LogP contribution in [0.15, 0.2) is 65.8 Å². The first kappa shape index (κ1) is 26.1. The van der Waals surface area contributed by atoms with E-state index in [2.05, 4.69) is 20.3 Å². The summed E-state index contributed by atoms with van der Waals surface area (Å²) in [5.41, 5.74) is 1.58. The third-order valence-corrected chi connectivity index (χ3v) is 6.53. The molecule has 4 rings (SSSR count). The van der Waals surface area contributed by atoms with Gasteiger partial charge in [-0.1, -0.05) is 42.5 Å². The Morgan fingerprint density at radius 3 is 2.38 bits per heavy atom. The summed E-state index contributed by atoms with van der Waals surface area (Å²) in [6.45, 7) is 4.32. The van der Waals surface area contributed by atoms with E-state index in [9.17, 15) is 22.0 Å². The van der Waals surface area contributed by atoms with Crippen molar-refractivity contribution in [3.8, 4) is 5.82 Å². The molecule has 0 unspecified atom stereocenters. The molecule has 0 aliphatic carbocycles. The molecule has 9 nitrogen and oxygen atoms in total. The van der Waals surface area contributed by atoms with Gasteiger partial charge >= 0.3 is 0 Å². The first-order valence-electron chi connectivity index (χ1n) is 11.5. The minimum atomic E-state index is -3.92. The van der Waals surface area contributed by atoms with Crippen molar-refractivity contribution < 1.29 is 22.0 Å². The molecule has 0 spiro atoms. The van der Waals surface area contributed by atoms with Gasteiger partial charge < -0.3 is 10.2 Å². The number of anilines is 1. The van der Waals surface area contributed by atoms with Crippen molar-refractivity contribution in [1.82, 2.24) is 24.4 Å². The van der Waals surface area contributed by atoms with Crippen molar-refractivity contribution >= 4 is 32.6 Å². The maximum Gasteiger partial charge on any atom is 0.296 e. The molecule has 12 heteroatoms. The second-order valence-corrected chi connectivity index (χ2v) is 10.4. The van der Waals surface area contributed by atoms with E-state index in [0.29, 0.717) is 24.1 Å². The van der Waals surface area contributed by atoms with Gasteiger partial charge in [0.1, 0.15) is 17.7 Å². The number of carbonyl (C=O) groups is 1. The van der Waals surface area contributed by atoms with Crippen LogP contribution in [0.2, 0.25) is 0 Å². The summed E-state index contributed by atoms with van der Waals surface area (Å²) in [5.74, 6) is -0.943. The van der Waals surface area contributed by atoms with Crippen LogP contribution in [0.5, 0.6) is 0 Å². The minimum Gasteiger partial charge on any atom is -0.358 e. The molecule has 0 aliphatic heterocycles. The van der Waals surface area contributed by atoms with Crippen molar-refractivity contribution in [3.05, 3.63) is 72.1 Å². The van der Waals surface area contributed by atoms with E-state index in [0.717, 1.165) is 16.4 Å². The largest absolute Gasteiger partial charge is 0.358 e. The van der Waals surface area contributed by atoms with Gasteiger partial charge in [0, 0.05) is 25.4 Å². The fraction of sp³-hybridized carbons (Fsp3) is 0.280. The number of imidazole rings is 1. The maximum absolute atomic E-state index is 13.9. The molecule has 1 amide bonds. The molecule has 0 fully saturated rings. The van der Waals surface area contributed by atoms with Crippen LogP contribution in [0.1, 0.15) is 31.7 Å². The van der Waals surface area contributed by atoms with E-state index in [4.69, 9.17) is 0 Å². The zero-order valence-corrected chi connectivity index (χ0v) is 21.3. The number of aromatic nitrogens is 4. The lowest BCUT2D eigenvalue weighted by Gasteiger charge is -2.25. The summed E-state index contributed by atoms with van der Waals surface area (Å²) in [6.07, 6.45) is -2.03. The predicted molar refractivity (Wildman–Crippen MR) is 135 cm³/mol. The molecule has 2 aromatic carbocycles. The Morgan fingerprint density at radius 2 is 1.73 bits per heavy atom. The standard InChI is InChI=1S/C25H26F2N6O3S/c1-4-32(15-17-10-6-5-7-11-17)24(34)16(2)28-20-14-21(31-25(30-20)37(3,35)36)33-19-13-9-8-12-18(19)29-23(33)22(26)27/h5-14,16,22H,4,15H2,1-3H3,(H,28,30,31)/t16-/m0/s1. The van der Waals surface area contributed by atoms with E-state index >= 15 is 0 Å². The van der Waals surface area contributed by atoms with E-state index in [1.807, 2.05) is 37.3 Å². The summed E-state index contributed by atoms with van der Waals surface area (Å²) < 4.78 is 53.6. The minimum absolute atomic E-state index is 0.0000339. The lowest BCUT2D eigenvalue weighted by Crippen LogP contribution is -2.41. The van der Waals surface area contributed by atoms with Crippen LogP contribution in [-0.4, -0.2) is 57.6 Å². The third kappa shape index (κ3) is 5.74. The summed E-state index contributed by atoms with van der Waals surface area (Å²) in [6, 6.07) is 16.5. The number of nitrogens with zero attached hydrogens (tertiary/aromatic N) is 5. The van der Waals surface area contributed by atoms with Gasteiger partial charge in [0.25, 0.3) is 11.6 Å². The van der Waals surface area contributed by atoms with Gasteiger partial charge in [-0.05, 0) is 31.5 Å². The Kier molecular flexibility index (Phi) is 7.48. The number of hydrogen-bond acceptors (Lipinski definition) is 7. The number of likely N-dealkylation sites (N-methyl/N-ethyl adjacent to an activating group) is 1. The van der Waals surface area contributed by atoms with Crippen LogP contribution in [-0.2, 0) is 21.2 Å². The van der Waals surface area contributed by atoms with Gasteiger partial charge in [-0.3, -0.25) is 9.36 Å². The summed E-state index contributed by atoms with van der Waals surface area (Å²) in [4.78, 5) is 26.9. The summed E-state index contributed by atoms with van der Waals surface area (Å²) in [5, 5.41) is 2.36. The number of carbonyl (C=O) groups excluding carboxylic acids is 1. The highest BCUT2D eigenvalue weighted by Gasteiger charge is 2.25. The molecular weight excluding hydrogens is 502 g/mol. The van der Waals surface area contributed by atoms with E-state index in [-0.39, 0.29) is 17.5 Å². The van der Waals surface area contributed by atoms with Crippen molar-refractivity contribution in [2.75, 3.05) is 18.1 Å². The van der Waals surface area contributed by atoms with Crippen LogP contribution in [0.3, 0.4) is 0 Å². The van der Waals surface area contributed by atoms with Gasteiger partial charge in [0.15, 0.2) is 5.82 Å². The number of rotatable bonds is 9. The molecule has 1 N–H and O–H groups in total. The maximum atomic E-state index is 13.9. The number of fused-ring (bicyclic) bond motifs is 1. The molecule has 0 aliphatic rings. The summed E-state index contributed by atoms with van der Waals surface area (Å²) >= 11 is 0. The van der Waals surface area contributed by atoms with Crippen LogP contribution in [0.4, 0.5) is 14.6 Å². The van der Waals surface area contributed by atoms with E-state index in [1.54, 1.807) is 36.1 Å². The van der Waals surface area contributed by atoms with E-state index in [1.165, 1.54) is 6.07 Å². The Hall–Kier alpha value is -3.93. The van der Waals surface area contributed by atoms with Gasteiger partial charge in [0.2, 0.25) is 15.7 Å². The number of sulfone groups is 1. The highest BCUT2D eigenvalue weighted by Crippen LogP contribution is 2.28. The Labute approximate surface area is 213 Å². The van der Waals surface area contributed by atoms with Crippen LogP contribution >= 0.6 is 0 Å². The zero-order chi connectivity index (χ0) is 26.7. The molecule has 2 aromatic heterocycles. The smallest absolute Gasteiger partial charge is 0.296 e. The molecule has 37 heavy (non-hydrogen) atoms. The molecular formula is C25H26F2N6O3S. The number of alkyl halides is 2. The molecule has 4 aromatic rings. The topological polar surface area (TPSA) is 110 Å². The Balaban J connectivity index is 1.72. The molecule has 0 bridgehead atoms. The van der Waals surface area contributed by atoms with Crippen LogP contribution in [0, 0.1) is 0 Å². The van der Waals surface area contributed by atoms with Crippen LogP contribution < -0.4 is 5.32 Å². The molecule has 2 heterocycles. The molecule has 1 atom stereocenters. The van der Waals surface area contributed by atoms with Crippen LogP contribution in [0.25, 0.3) is 16.9 Å². The Bertz CT molecular complexity index is 1530. The first-order valence-corrected chi connectivity index (χ1v) is 13.4. The lowest BCUT2D eigenvalue weighted by atomic mass is 10.2. The van der Waals surface area contributed by atoms with Gasteiger partial charge in [-0.15, -0.1) is 0 Å². The first-order chi connectivity index (χ1) is 17.6. The van der Waals surface area contributed by atoms with Gasteiger partial charge in [0.05, 0.1) is 11.0 Å². The molecule has 194 valence electrons. The highest BCUT2D eigenvalue weighted by atomic mass is 32.2. The van der Waals surface area contributed by atoms with Gasteiger partial charge in [-0.2, -0.15) is 0 Å². The second kappa shape index (κ2) is 10.6. The van der Waals surface area contributed by atoms with Crippen molar-refractivity contribution in [1.29, 1.82) is 0 Å². The molecule has 0 radical (unpaired) electrons. The average molecular weight is 529 g/mol. The summed E-state index contributed by atoms with van der Waals surface area (Å²) in [7, 11) is -3.92. The quantitative estimate of drug-likeness (QED) is 0.327. The molecule has 0 saturated heterocycles. The lowest BCUT2D eigenvalue weighted by molar-refractivity contribution is -0.132. The average Bonchev–Trinajstić information content (AvgIpc) is 3.27. The van der Waals surface area contributed by atoms with Crippen molar-refractivity contribution in [3.63, 3.8) is 0 Å². The normalized spacial score (nSPS) is 12.6. The number of halogens is 2. The predicted octanol–water partition coefficient (Wildman–Crippen LogP) is 4.01. The number of hydrogen-bond donors (Lipinski definition) is 1. The fourth-order valence-electron chi connectivity index (χ4n) is 3.91. The fourth-order valence-corrected chi connectivity index (χ4v) is 4.43. The third-order valence-electron chi connectivity index (χ3n) is 5.68. The number of amides is 1. The number of benzene rings is 2. The monoisotopic (exact) mass is 528 g/mol. The van der Waals surface area contributed by atoms with E-state index < -0.39 is 33.3 Å².